The molecule has 0 aliphatic heterocycles. The van der Waals surface area contributed by atoms with Crippen LogP contribution in [0.15, 0.2) is 54.6 Å². The van der Waals surface area contributed by atoms with E-state index < -0.39 is 0 Å². The Hall–Kier alpha value is -1.57. The van der Waals surface area contributed by atoms with E-state index in [9.17, 15) is 9.90 Å². The SMILES string of the molecule is O=C(c1ccccc1)C([Se])Cc1ccc(O)cc1. The summed E-state index contributed by atoms with van der Waals surface area (Å²) in [5.41, 5.74) is 1.75. The summed E-state index contributed by atoms with van der Waals surface area (Å²) in [7, 11) is 0. The molecule has 0 aliphatic rings. The van der Waals surface area contributed by atoms with Gasteiger partial charge in [-0.25, -0.2) is 0 Å². The molecular formula is C15H13O2Se. The Balaban J connectivity index is 2.06. The van der Waals surface area contributed by atoms with Crippen LogP contribution in [0.2, 0.25) is 4.82 Å². The van der Waals surface area contributed by atoms with Gasteiger partial charge in [0.25, 0.3) is 0 Å². The zero-order chi connectivity index (χ0) is 13.0. The molecule has 1 N–H and O–H groups in total. The van der Waals surface area contributed by atoms with Crippen LogP contribution in [0.5, 0.6) is 5.75 Å². The Kier molecular flexibility index (Phi) is 4.19. The van der Waals surface area contributed by atoms with Crippen molar-refractivity contribution >= 4 is 21.8 Å². The molecule has 0 spiro atoms. The summed E-state index contributed by atoms with van der Waals surface area (Å²) in [5, 5.41) is 9.20. The van der Waals surface area contributed by atoms with E-state index in [0.717, 1.165) is 11.1 Å². The van der Waals surface area contributed by atoms with Crippen molar-refractivity contribution in [2.75, 3.05) is 0 Å². The molecule has 18 heavy (non-hydrogen) atoms. The van der Waals surface area contributed by atoms with E-state index >= 15 is 0 Å². The summed E-state index contributed by atoms with van der Waals surface area (Å²) < 4.78 is 0. The Bertz CT molecular complexity index is 520. The van der Waals surface area contributed by atoms with Crippen molar-refractivity contribution in [2.45, 2.75) is 11.2 Å². The van der Waals surface area contributed by atoms with Crippen LogP contribution in [0.1, 0.15) is 15.9 Å². The van der Waals surface area contributed by atoms with Gasteiger partial charge in [-0.05, 0) is 0 Å². The fraction of sp³-hybridized carbons (Fsp3) is 0.133. The number of hydrogen-bond acceptors (Lipinski definition) is 2. The first-order valence-corrected chi connectivity index (χ1v) is 6.69. The number of phenols is 1. The van der Waals surface area contributed by atoms with Crippen molar-refractivity contribution in [3.63, 3.8) is 0 Å². The summed E-state index contributed by atoms with van der Waals surface area (Å²) in [6, 6.07) is 16.2. The van der Waals surface area contributed by atoms with Gasteiger partial charge in [0.1, 0.15) is 0 Å². The molecule has 2 nitrogen and oxygen atoms in total. The van der Waals surface area contributed by atoms with Crippen molar-refractivity contribution in [1.82, 2.24) is 0 Å². The Morgan fingerprint density at radius 3 is 2.28 bits per heavy atom. The van der Waals surface area contributed by atoms with Gasteiger partial charge < -0.3 is 0 Å². The Morgan fingerprint density at radius 1 is 1.06 bits per heavy atom. The quantitative estimate of drug-likeness (QED) is 0.696. The second kappa shape index (κ2) is 5.85. The van der Waals surface area contributed by atoms with Crippen LogP contribution >= 0.6 is 0 Å². The molecule has 3 heteroatoms. The predicted molar refractivity (Wildman–Crippen MR) is 72.1 cm³/mol. The summed E-state index contributed by atoms with van der Waals surface area (Å²) in [5.74, 6) is 0.341. The summed E-state index contributed by atoms with van der Waals surface area (Å²) >= 11 is 2.93. The third kappa shape index (κ3) is 3.22. The average Bonchev–Trinajstić information content (AvgIpc) is 2.41. The molecule has 1 radical (unpaired) electrons. The van der Waals surface area contributed by atoms with E-state index in [-0.39, 0.29) is 16.3 Å². The number of phenolic OH excluding ortho intramolecular Hbond substituents is 1. The van der Waals surface area contributed by atoms with E-state index in [1.54, 1.807) is 12.1 Å². The third-order valence-corrected chi connectivity index (χ3v) is 3.51. The number of benzene rings is 2. The van der Waals surface area contributed by atoms with Crippen LogP contribution in [0.4, 0.5) is 0 Å². The second-order valence-electron chi connectivity index (χ2n) is 4.09. The number of hydrogen-bond donors (Lipinski definition) is 1. The standard InChI is InChI=1S/C15H13O2Se/c16-13-8-6-11(7-9-13)10-14(18)15(17)12-4-2-1-3-5-12/h1-9,14,16H,10H2. The first-order valence-electron chi connectivity index (χ1n) is 5.70. The fourth-order valence-electron chi connectivity index (χ4n) is 1.73. The number of carbonyl (C=O) groups is 1. The molecule has 91 valence electrons. The fourth-order valence-corrected chi connectivity index (χ4v) is 2.42. The Morgan fingerprint density at radius 2 is 1.67 bits per heavy atom. The summed E-state index contributed by atoms with van der Waals surface area (Å²) in [4.78, 5) is 12.0. The van der Waals surface area contributed by atoms with E-state index in [1.165, 1.54) is 0 Å². The van der Waals surface area contributed by atoms with Crippen molar-refractivity contribution < 1.29 is 9.90 Å². The van der Waals surface area contributed by atoms with Gasteiger partial charge in [0.15, 0.2) is 0 Å². The van der Waals surface area contributed by atoms with Gasteiger partial charge in [0, 0.05) is 0 Å². The van der Waals surface area contributed by atoms with Crippen LogP contribution in [0.25, 0.3) is 0 Å². The molecule has 0 saturated heterocycles. The van der Waals surface area contributed by atoms with Gasteiger partial charge in [-0.3, -0.25) is 0 Å². The van der Waals surface area contributed by atoms with Crippen LogP contribution in [-0.2, 0) is 6.42 Å². The molecule has 0 fully saturated rings. The maximum atomic E-state index is 12.1. The minimum absolute atomic E-state index is 0.101. The first-order chi connectivity index (χ1) is 8.66. The number of ketones is 1. The topological polar surface area (TPSA) is 37.3 Å². The number of rotatable bonds is 4. The number of aromatic hydroxyl groups is 1. The molecule has 0 heterocycles. The van der Waals surface area contributed by atoms with Crippen molar-refractivity contribution in [2.24, 2.45) is 0 Å². The van der Waals surface area contributed by atoms with Crippen LogP contribution in [0.3, 0.4) is 0 Å². The molecule has 0 saturated carbocycles. The van der Waals surface area contributed by atoms with Crippen LogP contribution in [0, 0.1) is 0 Å². The molecule has 0 amide bonds. The molecule has 2 rings (SSSR count). The van der Waals surface area contributed by atoms with Gasteiger partial charge in [-0.15, -0.1) is 0 Å². The van der Waals surface area contributed by atoms with Gasteiger partial charge in [-0.1, -0.05) is 0 Å². The minimum atomic E-state index is -0.183. The third-order valence-electron chi connectivity index (χ3n) is 2.71. The predicted octanol–water partition coefficient (Wildman–Crippen LogP) is 2.77. The molecule has 0 aromatic heterocycles. The average molecular weight is 304 g/mol. The monoisotopic (exact) mass is 305 g/mol. The van der Waals surface area contributed by atoms with Gasteiger partial charge in [0.05, 0.1) is 0 Å². The van der Waals surface area contributed by atoms with Gasteiger partial charge in [-0.2, -0.15) is 0 Å². The molecule has 2 aromatic carbocycles. The Labute approximate surface area is 114 Å². The summed E-state index contributed by atoms with van der Waals surface area (Å²) in [6.07, 6.45) is 0.633. The maximum absolute atomic E-state index is 12.1. The molecule has 1 unspecified atom stereocenters. The van der Waals surface area contributed by atoms with E-state index in [1.807, 2.05) is 42.5 Å². The first kappa shape index (κ1) is 12.9. The van der Waals surface area contributed by atoms with Gasteiger partial charge >= 0.3 is 114 Å². The van der Waals surface area contributed by atoms with Crippen LogP contribution < -0.4 is 0 Å². The zero-order valence-corrected chi connectivity index (χ0v) is 11.5. The summed E-state index contributed by atoms with van der Waals surface area (Å²) in [6.45, 7) is 0. The van der Waals surface area contributed by atoms with Crippen molar-refractivity contribution in [1.29, 1.82) is 0 Å². The second-order valence-corrected chi connectivity index (χ2v) is 5.28. The number of Topliss-reactive ketones (excluding diaryl/α,β-unsaturated/α-hetero) is 1. The van der Waals surface area contributed by atoms with E-state index in [2.05, 4.69) is 16.0 Å². The zero-order valence-electron chi connectivity index (χ0n) is 9.74. The molecule has 2 aromatic rings. The van der Waals surface area contributed by atoms with Gasteiger partial charge in [0.2, 0.25) is 0 Å². The molecular weight excluding hydrogens is 291 g/mol. The molecule has 0 aliphatic carbocycles. The molecule has 0 bridgehead atoms. The van der Waals surface area contributed by atoms with Crippen LogP contribution in [-0.4, -0.2) is 26.9 Å². The normalized spacial score (nSPS) is 12.1. The van der Waals surface area contributed by atoms with Crippen molar-refractivity contribution in [3.8, 4) is 5.75 Å². The number of carbonyl (C=O) groups excluding carboxylic acids is 1. The molecule has 1 atom stereocenters. The van der Waals surface area contributed by atoms with E-state index in [0.29, 0.717) is 6.42 Å². The van der Waals surface area contributed by atoms with Crippen molar-refractivity contribution in [3.05, 3.63) is 65.7 Å². The van der Waals surface area contributed by atoms with E-state index in [4.69, 9.17) is 0 Å².